The molecule has 0 saturated carbocycles. The van der Waals surface area contributed by atoms with Gasteiger partial charge in [-0.2, -0.15) is 0 Å². The number of hydrogen-bond acceptors (Lipinski definition) is 1. The highest BCUT2D eigenvalue weighted by atomic mass is 35.5. The summed E-state index contributed by atoms with van der Waals surface area (Å²) < 4.78 is 0. The molecule has 1 nitrogen and oxygen atoms in total. The molecule has 2 heteroatoms. The average molecular weight is 119 g/mol. The zero-order valence-corrected chi connectivity index (χ0v) is 5.12. The molecule has 0 heterocycles. The Bertz CT molecular complexity index is 105. The summed E-state index contributed by atoms with van der Waals surface area (Å²) in [6.07, 6.45) is 0. The predicted octanol–water partition coefficient (Wildman–Crippen LogP) is 1.72. The molecular formula is C5H7ClO. The van der Waals surface area contributed by atoms with Crippen LogP contribution in [0.25, 0.3) is 0 Å². The smallest absolute Gasteiger partial charge is 0.156 e. The topological polar surface area (TPSA) is 17.1 Å². The summed E-state index contributed by atoms with van der Waals surface area (Å²) in [4.78, 5) is 10.2. The van der Waals surface area contributed by atoms with Crippen LogP contribution >= 0.6 is 11.6 Å². The van der Waals surface area contributed by atoms with Crippen molar-refractivity contribution in [2.75, 3.05) is 0 Å². The Morgan fingerprint density at radius 2 is 2.00 bits per heavy atom. The molecule has 0 bridgehead atoms. The minimum atomic E-state index is 0.0231. The van der Waals surface area contributed by atoms with Crippen molar-refractivity contribution in [3.8, 4) is 0 Å². The second-order valence-corrected chi connectivity index (χ2v) is 1.57. The highest BCUT2D eigenvalue weighted by Gasteiger charge is 1.90. The fourth-order valence-electron chi connectivity index (χ4n) is 0.0768. The van der Waals surface area contributed by atoms with E-state index in [1.54, 1.807) is 6.92 Å². The van der Waals surface area contributed by atoms with E-state index in [0.717, 1.165) is 0 Å². The number of Topliss-reactive ketones (excluding diaryl/α,β-unsaturated/α-hetero) is 1. The van der Waals surface area contributed by atoms with Crippen molar-refractivity contribution < 1.29 is 4.79 Å². The van der Waals surface area contributed by atoms with Gasteiger partial charge in [0.1, 0.15) is 0 Å². The molecule has 0 aromatic rings. The number of hydrogen-bond donors (Lipinski definition) is 0. The second kappa shape index (κ2) is 2.80. The first-order chi connectivity index (χ1) is 3.18. The van der Waals surface area contributed by atoms with E-state index >= 15 is 0 Å². The molecule has 0 unspecified atom stereocenters. The van der Waals surface area contributed by atoms with Gasteiger partial charge in [0, 0.05) is 11.1 Å². The van der Waals surface area contributed by atoms with Crippen molar-refractivity contribution in [3.05, 3.63) is 11.1 Å². The molecule has 0 saturated heterocycles. The number of rotatable bonds is 1. The van der Waals surface area contributed by atoms with E-state index in [1.165, 1.54) is 12.5 Å². The van der Waals surface area contributed by atoms with Crippen LogP contribution in [0.1, 0.15) is 13.8 Å². The highest BCUT2D eigenvalue weighted by Crippen LogP contribution is 1.94. The van der Waals surface area contributed by atoms with E-state index in [2.05, 4.69) is 0 Å². The van der Waals surface area contributed by atoms with Gasteiger partial charge in [0.25, 0.3) is 0 Å². The molecule has 0 fully saturated rings. The third kappa shape index (κ3) is 2.40. The van der Waals surface area contributed by atoms with Crippen LogP contribution < -0.4 is 0 Å². The third-order valence-electron chi connectivity index (χ3n) is 0.719. The Morgan fingerprint density at radius 1 is 1.57 bits per heavy atom. The molecular weight excluding hydrogens is 112 g/mol. The molecule has 0 aliphatic heterocycles. The first-order valence-electron chi connectivity index (χ1n) is 1.96. The van der Waals surface area contributed by atoms with E-state index < -0.39 is 0 Å². The van der Waals surface area contributed by atoms with Crippen LogP contribution in [0.2, 0.25) is 0 Å². The number of halogens is 1. The number of carbonyl (C=O) groups is 1. The molecule has 0 spiro atoms. The van der Waals surface area contributed by atoms with Gasteiger partial charge in [0.05, 0.1) is 0 Å². The van der Waals surface area contributed by atoms with Crippen molar-refractivity contribution in [2.24, 2.45) is 0 Å². The molecule has 40 valence electrons. The molecule has 0 amide bonds. The monoisotopic (exact) mass is 118 g/mol. The van der Waals surface area contributed by atoms with E-state index in [9.17, 15) is 4.79 Å². The van der Waals surface area contributed by atoms with Crippen molar-refractivity contribution >= 4 is 17.4 Å². The quantitative estimate of drug-likeness (QED) is 0.479. The third-order valence-corrected chi connectivity index (χ3v) is 1.05. The maximum atomic E-state index is 10.2. The molecule has 0 radical (unpaired) electrons. The number of ketones is 1. The molecule has 0 rings (SSSR count). The zero-order chi connectivity index (χ0) is 5.86. The van der Waals surface area contributed by atoms with Gasteiger partial charge in [-0.25, -0.2) is 0 Å². The number of carbonyl (C=O) groups excluding carboxylic acids is 1. The van der Waals surface area contributed by atoms with Gasteiger partial charge in [-0.1, -0.05) is 11.6 Å². The molecule has 0 N–H and O–H groups in total. The fraction of sp³-hybridized carbons (Fsp3) is 0.400. The van der Waals surface area contributed by atoms with Crippen molar-refractivity contribution in [3.63, 3.8) is 0 Å². The van der Waals surface area contributed by atoms with E-state index in [-0.39, 0.29) is 5.78 Å². The van der Waals surface area contributed by atoms with E-state index in [1.807, 2.05) is 0 Å². The van der Waals surface area contributed by atoms with Gasteiger partial charge in [0.15, 0.2) is 5.78 Å². The molecule has 0 aliphatic carbocycles. The van der Waals surface area contributed by atoms with Gasteiger partial charge < -0.3 is 0 Å². The van der Waals surface area contributed by atoms with Crippen LogP contribution in [-0.4, -0.2) is 5.78 Å². The average Bonchev–Trinajstić information content (AvgIpc) is 1.65. The molecule has 0 aliphatic rings. The van der Waals surface area contributed by atoms with Crippen LogP contribution in [0, 0.1) is 0 Å². The van der Waals surface area contributed by atoms with Crippen LogP contribution in [0.15, 0.2) is 11.1 Å². The van der Waals surface area contributed by atoms with Crippen LogP contribution in [0.3, 0.4) is 0 Å². The Kier molecular flexibility index (Phi) is 2.68. The van der Waals surface area contributed by atoms with Crippen molar-refractivity contribution in [1.82, 2.24) is 0 Å². The zero-order valence-electron chi connectivity index (χ0n) is 4.36. The summed E-state index contributed by atoms with van der Waals surface area (Å²) in [5, 5.41) is 0. The van der Waals surface area contributed by atoms with Gasteiger partial charge in [-0.05, 0) is 13.8 Å². The van der Waals surface area contributed by atoms with Crippen LogP contribution in [0.4, 0.5) is 0 Å². The Balaban J connectivity index is 3.82. The first kappa shape index (κ1) is 6.70. The SMILES string of the molecule is CC(=O)/C(C)=C/Cl. The molecule has 0 aromatic carbocycles. The van der Waals surface area contributed by atoms with Crippen molar-refractivity contribution in [2.45, 2.75) is 13.8 Å². The number of allylic oxidation sites excluding steroid dienone is 1. The Hall–Kier alpha value is -0.300. The van der Waals surface area contributed by atoms with Gasteiger partial charge in [-0.3, -0.25) is 4.79 Å². The lowest BCUT2D eigenvalue weighted by Gasteiger charge is -1.83. The minimum Gasteiger partial charge on any atom is -0.295 e. The maximum Gasteiger partial charge on any atom is 0.156 e. The summed E-state index contributed by atoms with van der Waals surface area (Å²) in [5.74, 6) is 0.0231. The minimum absolute atomic E-state index is 0.0231. The van der Waals surface area contributed by atoms with E-state index in [4.69, 9.17) is 11.6 Å². The summed E-state index contributed by atoms with van der Waals surface area (Å²) in [6.45, 7) is 3.16. The highest BCUT2D eigenvalue weighted by molar-refractivity contribution is 6.27. The summed E-state index contributed by atoms with van der Waals surface area (Å²) in [7, 11) is 0. The van der Waals surface area contributed by atoms with E-state index in [0.29, 0.717) is 5.57 Å². The molecule has 7 heavy (non-hydrogen) atoms. The largest absolute Gasteiger partial charge is 0.295 e. The lowest BCUT2D eigenvalue weighted by atomic mass is 10.3. The first-order valence-corrected chi connectivity index (χ1v) is 2.40. The van der Waals surface area contributed by atoms with Gasteiger partial charge in [0.2, 0.25) is 0 Å². The maximum absolute atomic E-state index is 10.2. The normalized spacial score (nSPS) is 11.6. The second-order valence-electron chi connectivity index (χ2n) is 1.35. The van der Waals surface area contributed by atoms with Gasteiger partial charge >= 0.3 is 0 Å². The summed E-state index contributed by atoms with van der Waals surface area (Å²) >= 11 is 5.16. The summed E-state index contributed by atoms with van der Waals surface area (Å²) in [5.41, 5.74) is 1.88. The predicted molar refractivity (Wildman–Crippen MR) is 30.3 cm³/mol. The lowest BCUT2D eigenvalue weighted by molar-refractivity contribution is -0.113. The molecule has 0 aromatic heterocycles. The molecule has 0 atom stereocenters. The van der Waals surface area contributed by atoms with Crippen LogP contribution in [0.5, 0.6) is 0 Å². The van der Waals surface area contributed by atoms with Crippen molar-refractivity contribution in [1.29, 1.82) is 0 Å². The summed E-state index contributed by atoms with van der Waals surface area (Å²) in [6, 6.07) is 0. The Morgan fingerprint density at radius 3 is 2.00 bits per heavy atom. The van der Waals surface area contributed by atoms with Crippen LogP contribution in [-0.2, 0) is 4.79 Å². The van der Waals surface area contributed by atoms with Gasteiger partial charge in [-0.15, -0.1) is 0 Å². The lowest BCUT2D eigenvalue weighted by Crippen LogP contribution is -1.87. The standard InChI is InChI=1S/C5H7ClO/c1-4(3-6)5(2)7/h3H,1-2H3/b4-3+. The fourth-order valence-corrected chi connectivity index (χ4v) is 0.230. The Labute approximate surface area is 48.0 Å².